The molecule has 1 N–H and O–H groups in total. The van der Waals surface area contributed by atoms with Crippen molar-refractivity contribution in [2.24, 2.45) is 0 Å². The maximum atomic E-state index is 12.6. The molecule has 0 radical (unpaired) electrons. The van der Waals surface area contributed by atoms with Crippen molar-refractivity contribution in [3.8, 4) is 11.4 Å². The van der Waals surface area contributed by atoms with Gasteiger partial charge in [-0.15, -0.1) is 0 Å². The summed E-state index contributed by atoms with van der Waals surface area (Å²) in [4.78, 5) is 4.34. The average molecular weight is 343 g/mol. The second kappa shape index (κ2) is 6.54. The van der Waals surface area contributed by atoms with Gasteiger partial charge in [-0.1, -0.05) is 47.6 Å². The molecular formula is C17H17N3O3S. The van der Waals surface area contributed by atoms with Gasteiger partial charge in [0.25, 0.3) is 0 Å². The SMILES string of the molecule is Cc1nc(-c2ccc(C)c(S(=O)(=O)NCc3ccccc3)c2)no1. The molecule has 0 bridgehead atoms. The van der Waals surface area contributed by atoms with Gasteiger partial charge in [-0.3, -0.25) is 0 Å². The van der Waals surface area contributed by atoms with Crippen molar-refractivity contribution in [2.45, 2.75) is 25.3 Å². The lowest BCUT2D eigenvalue weighted by Crippen LogP contribution is -2.24. The fourth-order valence-electron chi connectivity index (χ4n) is 2.30. The van der Waals surface area contributed by atoms with Crippen LogP contribution < -0.4 is 4.72 Å². The molecule has 3 rings (SSSR count). The number of aryl methyl sites for hydroxylation is 2. The van der Waals surface area contributed by atoms with Gasteiger partial charge >= 0.3 is 0 Å². The second-order valence-electron chi connectivity index (χ2n) is 5.43. The summed E-state index contributed by atoms with van der Waals surface area (Å²) < 4.78 is 32.9. The first-order valence-corrected chi connectivity index (χ1v) is 8.89. The first-order valence-electron chi connectivity index (χ1n) is 7.40. The average Bonchev–Trinajstić information content (AvgIpc) is 3.01. The van der Waals surface area contributed by atoms with Crippen LogP contribution in [-0.2, 0) is 16.6 Å². The van der Waals surface area contributed by atoms with Gasteiger partial charge in [0.1, 0.15) is 0 Å². The molecule has 0 aliphatic rings. The van der Waals surface area contributed by atoms with Gasteiger partial charge in [-0.05, 0) is 24.1 Å². The molecule has 7 heteroatoms. The summed E-state index contributed by atoms with van der Waals surface area (Å²) in [7, 11) is -3.65. The quantitative estimate of drug-likeness (QED) is 0.770. The molecule has 0 fully saturated rings. The van der Waals surface area contributed by atoms with E-state index in [0.29, 0.717) is 22.8 Å². The summed E-state index contributed by atoms with van der Waals surface area (Å²) in [6.45, 7) is 3.67. The normalized spacial score (nSPS) is 11.6. The highest BCUT2D eigenvalue weighted by molar-refractivity contribution is 7.89. The molecule has 0 amide bonds. The first kappa shape index (κ1) is 16.4. The Kier molecular flexibility index (Phi) is 4.46. The summed E-state index contributed by atoms with van der Waals surface area (Å²) in [5.74, 6) is 0.796. The largest absolute Gasteiger partial charge is 0.339 e. The topological polar surface area (TPSA) is 85.1 Å². The van der Waals surface area contributed by atoms with Crippen LogP contribution in [-0.4, -0.2) is 18.6 Å². The minimum absolute atomic E-state index is 0.207. The van der Waals surface area contributed by atoms with E-state index in [-0.39, 0.29) is 11.4 Å². The van der Waals surface area contributed by atoms with Crippen LogP contribution in [0.5, 0.6) is 0 Å². The lowest BCUT2D eigenvalue weighted by atomic mass is 10.1. The lowest BCUT2D eigenvalue weighted by molar-refractivity contribution is 0.394. The Morgan fingerprint density at radius 1 is 1.08 bits per heavy atom. The molecule has 0 aliphatic carbocycles. The molecule has 124 valence electrons. The van der Waals surface area contributed by atoms with Gasteiger partial charge in [-0.2, -0.15) is 4.98 Å². The predicted octanol–water partition coefficient (Wildman–Crippen LogP) is 2.83. The van der Waals surface area contributed by atoms with Crippen LogP contribution in [0.4, 0.5) is 0 Å². The summed E-state index contributed by atoms with van der Waals surface area (Å²) >= 11 is 0. The van der Waals surface area contributed by atoms with E-state index in [2.05, 4.69) is 14.9 Å². The van der Waals surface area contributed by atoms with Gasteiger partial charge in [0.2, 0.25) is 21.7 Å². The predicted molar refractivity (Wildman–Crippen MR) is 89.7 cm³/mol. The maximum absolute atomic E-state index is 12.6. The Bertz CT molecular complexity index is 950. The minimum Gasteiger partial charge on any atom is -0.339 e. The molecule has 24 heavy (non-hydrogen) atoms. The Hall–Kier alpha value is -2.51. The van der Waals surface area contributed by atoms with E-state index in [4.69, 9.17) is 4.52 Å². The number of hydrogen-bond donors (Lipinski definition) is 1. The van der Waals surface area contributed by atoms with E-state index in [1.807, 2.05) is 30.3 Å². The highest BCUT2D eigenvalue weighted by Gasteiger charge is 2.18. The van der Waals surface area contributed by atoms with Gasteiger partial charge < -0.3 is 4.52 Å². The molecule has 1 aromatic heterocycles. The molecule has 0 atom stereocenters. The molecule has 0 spiro atoms. The number of sulfonamides is 1. The highest BCUT2D eigenvalue weighted by atomic mass is 32.2. The summed E-state index contributed by atoms with van der Waals surface area (Å²) in [5, 5.41) is 3.83. The van der Waals surface area contributed by atoms with Gasteiger partial charge in [0.15, 0.2) is 0 Å². The van der Waals surface area contributed by atoms with Crippen LogP contribution >= 0.6 is 0 Å². The van der Waals surface area contributed by atoms with Crippen LogP contribution in [0.3, 0.4) is 0 Å². The Morgan fingerprint density at radius 2 is 1.83 bits per heavy atom. The van der Waals surface area contributed by atoms with Gasteiger partial charge in [0.05, 0.1) is 4.90 Å². The van der Waals surface area contributed by atoms with E-state index in [9.17, 15) is 8.42 Å². The number of hydrogen-bond acceptors (Lipinski definition) is 5. The minimum atomic E-state index is -3.65. The van der Waals surface area contributed by atoms with Crippen LogP contribution in [0.1, 0.15) is 17.0 Å². The monoisotopic (exact) mass is 343 g/mol. The van der Waals surface area contributed by atoms with E-state index in [1.54, 1.807) is 32.0 Å². The number of aromatic nitrogens is 2. The third kappa shape index (κ3) is 3.52. The van der Waals surface area contributed by atoms with E-state index >= 15 is 0 Å². The molecule has 0 saturated heterocycles. The van der Waals surface area contributed by atoms with Crippen molar-refractivity contribution in [2.75, 3.05) is 0 Å². The number of rotatable bonds is 5. The van der Waals surface area contributed by atoms with Crippen LogP contribution in [0, 0.1) is 13.8 Å². The van der Waals surface area contributed by atoms with Crippen LogP contribution in [0.2, 0.25) is 0 Å². The van der Waals surface area contributed by atoms with Crippen molar-refractivity contribution in [3.05, 3.63) is 65.5 Å². The van der Waals surface area contributed by atoms with E-state index in [1.165, 1.54) is 0 Å². The van der Waals surface area contributed by atoms with Crippen molar-refractivity contribution in [1.29, 1.82) is 0 Å². The van der Waals surface area contributed by atoms with Gasteiger partial charge in [0, 0.05) is 19.0 Å². The zero-order chi connectivity index (χ0) is 17.2. The number of nitrogens with one attached hydrogen (secondary N) is 1. The smallest absolute Gasteiger partial charge is 0.241 e. The summed E-state index contributed by atoms with van der Waals surface area (Å²) in [5.41, 5.74) is 2.14. The van der Waals surface area contributed by atoms with Crippen molar-refractivity contribution < 1.29 is 12.9 Å². The number of benzene rings is 2. The van der Waals surface area contributed by atoms with E-state index in [0.717, 1.165) is 5.56 Å². The Balaban J connectivity index is 1.89. The van der Waals surface area contributed by atoms with Crippen LogP contribution in [0.25, 0.3) is 11.4 Å². The van der Waals surface area contributed by atoms with Gasteiger partial charge in [-0.25, -0.2) is 13.1 Å². The molecule has 0 saturated carbocycles. The molecule has 0 unspecified atom stereocenters. The summed E-state index contributed by atoms with van der Waals surface area (Å²) in [6.07, 6.45) is 0. The Morgan fingerprint density at radius 3 is 2.50 bits per heavy atom. The lowest BCUT2D eigenvalue weighted by Gasteiger charge is -2.10. The third-order valence-corrected chi connectivity index (χ3v) is 5.12. The third-order valence-electron chi connectivity index (χ3n) is 3.57. The molecule has 0 aliphatic heterocycles. The van der Waals surface area contributed by atoms with E-state index < -0.39 is 10.0 Å². The molecule has 1 heterocycles. The molecule has 6 nitrogen and oxygen atoms in total. The zero-order valence-corrected chi connectivity index (χ0v) is 14.2. The summed E-state index contributed by atoms with van der Waals surface area (Å²) in [6, 6.07) is 14.4. The van der Waals surface area contributed by atoms with Crippen molar-refractivity contribution >= 4 is 10.0 Å². The molecule has 2 aromatic carbocycles. The highest BCUT2D eigenvalue weighted by Crippen LogP contribution is 2.23. The second-order valence-corrected chi connectivity index (χ2v) is 7.16. The van der Waals surface area contributed by atoms with Crippen molar-refractivity contribution in [3.63, 3.8) is 0 Å². The zero-order valence-electron chi connectivity index (χ0n) is 13.4. The molecular weight excluding hydrogens is 326 g/mol. The van der Waals surface area contributed by atoms with Crippen molar-refractivity contribution in [1.82, 2.24) is 14.9 Å². The Labute approximate surface area is 140 Å². The first-order chi connectivity index (χ1) is 11.5. The maximum Gasteiger partial charge on any atom is 0.241 e. The number of nitrogens with zero attached hydrogens (tertiary/aromatic N) is 2. The standard InChI is InChI=1S/C17H17N3O3S/c1-12-8-9-15(17-19-13(2)23-20-17)10-16(12)24(21,22)18-11-14-6-4-3-5-7-14/h3-10,18H,11H2,1-2H3. The van der Waals surface area contributed by atoms with Crippen LogP contribution in [0.15, 0.2) is 57.9 Å². The fourth-order valence-corrected chi connectivity index (χ4v) is 3.58. The molecule has 3 aromatic rings. The fraction of sp³-hybridized carbons (Fsp3) is 0.176.